The Balaban J connectivity index is 2.57. The third kappa shape index (κ3) is 2.79. The minimum absolute atomic E-state index is 0.292. The zero-order valence-electron chi connectivity index (χ0n) is 7.17. The Kier molecular flexibility index (Phi) is 3.01. The maximum Gasteiger partial charge on any atom is 0.309 e. The molecule has 0 amide bonds. The molecule has 2 nitrogen and oxygen atoms in total. The molecule has 1 N–H and O–H groups in total. The topological polar surface area (TPSA) is 37.3 Å². The van der Waals surface area contributed by atoms with Crippen molar-refractivity contribution in [3.63, 3.8) is 0 Å². The molecule has 0 aromatic rings. The van der Waals surface area contributed by atoms with Crippen molar-refractivity contribution in [1.29, 1.82) is 0 Å². The number of rotatable bonds is 3. The van der Waals surface area contributed by atoms with Crippen LogP contribution in [-0.4, -0.2) is 17.0 Å². The first-order chi connectivity index (χ1) is 6.02. The van der Waals surface area contributed by atoms with Crippen molar-refractivity contribution in [3.8, 4) is 0 Å². The van der Waals surface area contributed by atoms with Crippen LogP contribution in [0.5, 0.6) is 0 Å². The number of carbonyl (C=O) groups is 1. The molecule has 0 bridgehead atoms. The monoisotopic (exact) mass is 190 g/mol. The van der Waals surface area contributed by atoms with E-state index in [2.05, 4.69) is 0 Å². The maximum absolute atomic E-state index is 13.1. The first kappa shape index (κ1) is 10.2. The van der Waals surface area contributed by atoms with Crippen LogP contribution in [-0.2, 0) is 4.79 Å². The SMILES string of the molecule is O=C(O)CC(F)(F)C1CC=CCC1. The van der Waals surface area contributed by atoms with Gasteiger partial charge in [0.05, 0.1) is 0 Å². The Morgan fingerprint density at radius 3 is 2.69 bits per heavy atom. The second-order valence-electron chi connectivity index (χ2n) is 3.31. The first-order valence-corrected chi connectivity index (χ1v) is 4.27. The second-order valence-corrected chi connectivity index (χ2v) is 3.31. The Bertz CT molecular complexity index is 224. The van der Waals surface area contributed by atoms with Gasteiger partial charge in [0.15, 0.2) is 0 Å². The van der Waals surface area contributed by atoms with Crippen molar-refractivity contribution in [2.45, 2.75) is 31.6 Å². The number of halogens is 2. The number of carboxylic acids is 1. The summed E-state index contributed by atoms with van der Waals surface area (Å²) in [5.41, 5.74) is 0. The largest absolute Gasteiger partial charge is 0.481 e. The quantitative estimate of drug-likeness (QED) is 0.694. The molecule has 1 atom stereocenters. The van der Waals surface area contributed by atoms with Crippen LogP contribution >= 0.6 is 0 Å². The van der Waals surface area contributed by atoms with Crippen LogP contribution in [0.3, 0.4) is 0 Å². The van der Waals surface area contributed by atoms with Crippen LogP contribution in [0.25, 0.3) is 0 Å². The van der Waals surface area contributed by atoms with Gasteiger partial charge < -0.3 is 5.11 Å². The predicted octanol–water partition coefficient (Wildman–Crippen LogP) is 2.45. The van der Waals surface area contributed by atoms with Crippen LogP contribution in [0.1, 0.15) is 25.7 Å². The van der Waals surface area contributed by atoms with E-state index in [1.807, 2.05) is 6.08 Å². The van der Waals surface area contributed by atoms with Gasteiger partial charge >= 0.3 is 5.97 Å². The number of aliphatic carboxylic acids is 1. The van der Waals surface area contributed by atoms with Gasteiger partial charge in [-0.2, -0.15) is 0 Å². The van der Waals surface area contributed by atoms with Crippen molar-refractivity contribution >= 4 is 5.97 Å². The molecule has 0 spiro atoms. The van der Waals surface area contributed by atoms with Gasteiger partial charge in [-0.1, -0.05) is 12.2 Å². The average Bonchev–Trinajstić information content (AvgIpc) is 2.04. The van der Waals surface area contributed by atoms with E-state index in [0.29, 0.717) is 19.3 Å². The Morgan fingerprint density at radius 1 is 1.54 bits per heavy atom. The lowest BCUT2D eigenvalue weighted by molar-refractivity contribution is -0.149. The molecule has 1 rings (SSSR count). The summed E-state index contributed by atoms with van der Waals surface area (Å²) in [6.07, 6.45) is 3.81. The molecule has 0 aromatic heterocycles. The number of hydrogen-bond acceptors (Lipinski definition) is 1. The van der Waals surface area contributed by atoms with Crippen molar-refractivity contribution in [3.05, 3.63) is 12.2 Å². The fourth-order valence-corrected chi connectivity index (χ4v) is 1.52. The summed E-state index contributed by atoms with van der Waals surface area (Å²) in [7, 11) is 0. The highest BCUT2D eigenvalue weighted by Gasteiger charge is 2.40. The smallest absolute Gasteiger partial charge is 0.309 e. The van der Waals surface area contributed by atoms with Crippen LogP contribution in [0.15, 0.2) is 12.2 Å². The van der Waals surface area contributed by atoms with Crippen LogP contribution in [0.2, 0.25) is 0 Å². The van der Waals surface area contributed by atoms with E-state index in [9.17, 15) is 13.6 Å². The lowest BCUT2D eigenvalue weighted by Gasteiger charge is -2.26. The lowest BCUT2D eigenvalue weighted by Crippen LogP contribution is -2.31. The zero-order chi connectivity index (χ0) is 9.90. The highest BCUT2D eigenvalue weighted by Crippen LogP contribution is 2.36. The van der Waals surface area contributed by atoms with E-state index in [1.165, 1.54) is 0 Å². The molecule has 0 heterocycles. The Hall–Kier alpha value is -0.930. The van der Waals surface area contributed by atoms with Crippen LogP contribution in [0, 0.1) is 5.92 Å². The molecule has 0 radical (unpaired) electrons. The van der Waals surface area contributed by atoms with Gasteiger partial charge in [0.2, 0.25) is 0 Å². The summed E-state index contributed by atoms with van der Waals surface area (Å²) < 4.78 is 26.3. The zero-order valence-corrected chi connectivity index (χ0v) is 7.17. The van der Waals surface area contributed by atoms with E-state index in [1.54, 1.807) is 6.08 Å². The molecule has 74 valence electrons. The maximum atomic E-state index is 13.1. The summed E-state index contributed by atoms with van der Waals surface area (Å²) in [6, 6.07) is 0. The first-order valence-electron chi connectivity index (χ1n) is 4.27. The van der Waals surface area contributed by atoms with E-state index >= 15 is 0 Å². The summed E-state index contributed by atoms with van der Waals surface area (Å²) in [5, 5.41) is 8.28. The molecule has 1 aliphatic rings. The third-order valence-corrected chi connectivity index (χ3v) is 2.25. The number of carboxylic acid groups (broad SMARTS) is 1. The lowest BCUT2D eigenvalue weighted by atomic mass is 9.87. The van der Waals surface area contributed by atoms with E-state index < -0.39 is 24.2 Å². The van der Waals surface area contributed by atoms with Gasteiger partial charge in [0.1, 0.15) is 6.42 Å². The molecule has 13 heavy (non-hydrogen) atoms. The number of alkyl halides is 2. The van der Waals surface area contributed by atoms with Crippen LogP contribution in [0.4, 0.5) is 8.78 Å². The van der Waals surface area contributed by atoms with Crippen molar-refractivity contribution in [2.24, 2.45) is 5.92 Å². The average molecular weight is 190 g/mol. The molecule has 0 aliphatic heterocycles. The third-order valence-electron chi connectivity index (χ3n) is 2.25. The Morgan fingerprint density at radius 2 is 2.23 bits per heavy atom. The highest BCUT2D eigenvalue weighted by atomic mass is 19.3. The normalized spacial score (nSPS) is 23.1. The molecule has 0 saturated carbocycles. The summed E-state index contributed by atoms with van der Waals surface area (Å²) in [5.74, 6) is -5.29. The Labute approximate surface area is 75.3 Å². The van der Waals surface area contributed by atoms with Crippen molar-refractivity contribution < 1.29 is 18.7 Å². The summed E-state index contributed by atoms with van der Waals surface area (Å²) in [6.45, 7) is 0. The van der Waals surface area contributed by atoms with Gasteiger partial charge in [-0.05, 0) is 19.3 Å². The molecule has 1 unspecified atom stereocenters. The number of hydrogen-bond donors (Lipinski definition) is 1. The fraction of sp³-hybridized carbons (Fsp3) is 0.667. The second kappa shape index (κ2) is 3.85. The van der Waals surface area contributed by atoms with Gasteiger partial charge in [-0.3, -0.25) is 4.79 Å². The van der Waals surface area contributed by atoms with Crippen molar-refractivity contribution in [1.82, 2.24) is 0 Å². The van der Waals surface area contributed by atoms with E-state index in [4.69, 9.17) is 5.11 Å². The molecule has 0 saturated heterocycles. The summed E-state index contributed by atoms with van der Waals surface area (Å²) in [4.78, 5) is 10.2. The molecule has 0 fully saturated rings. The van der Waals surface area contributed by atoms with E-state index in [0.717, 1.165) is 0 Å². The standard InChI is InChI=1S/C9H12F2O2/c10-9(11,6-8(12)13)7-4-2-1-3-5-7/h1-2,7H,3-6H2,(H,12,13). The van der Waals surface area contributed by atoms with Crippen LogP contribution < -0.4 is 0 Å². The van der Waals surface area contributed by atoms with Gasteiger partial charge in [0, 0.05) is 5.92 Å². The predicted molar refractivity (Wildman–Crippen MR) is 43.7 cm³/mol. The molecule has 4 heteroatoms. The van der Waals surface area contributed by atoms with Gasteiger partial charge in [-0.15, -0.1) is 0 Å². The molecular formula is C9H12F2O2. The fourth-order valence-electron chi connectivity index (χ4n) is 1.52. The van der Waals surface area contributed by atoms with Gasteiger partial charge in [-0.25, -0.2) is 8.78 Å². The van der Waals surface area contributed by atoms with Gasteiger partial charge in [0.25, 0.3) is 5.92 Å². The van der Waals surface area contributed by atoms with Crippen molar-refractivity contribution in [2.75, 3.05) is 0 Å². The highest BCUT2D eigenvalue weighted by molar-refractivity contribution is 5.67. The number of allylic oxidation sites excluding steroid dienone is 2. The molecule has 0 aromatic carbocycles. The van der Waals surface area contributed by atoms with E-state index in [-0.39, 0.29) is 0 Å². The minimum Gasteiger partial charge on any atom is -0.481 e. The summed E-state index contributed by atoms with van der Waals surface area (Å²) >= 11 is 0. The molecule has 1 aliphatic carbocycles. The molecular weight excluding hydrogens is 178 g/mol. The minimum atomic E-state index is -3.06.